The van der Waals surface area contributed by atoms with Gasteiger partial charge >= 0.3 is 0 Å². The summed E-state index contributed by atoms with van der Waals surface area (Å²) in [4.78, 5) is 0. The van der Waals surface area contributed by atoms with E-state index in [0.29, 0.717) is 6.71 Å². The largest absolute Gasteiger partial charge is 0.214 e. The fourth-order valence-electron chi connectivity index (χ4n) is 1.93. The Morgan fingerprint density at radius 1 is 0.526 bits per heavy atom. The molecule has 0 bridgehead atoms. The third kappa shape index (κ3) is 5.08. The van der Waals surface area contributed by atoms with E-state index in [9.17, 15) is 0 Å². The number of hydrogen-bond acceptors (Lipinski definition) is 0. The Kier molecular flexibility index (Phi) is 5.72. The first-order valence-corrected chi connectivity index (χ1v) is 17.7. The number of rotatable bonds is 6. The molecule has 0 rings (SSSR count). The maximum absolute atomic E-state index is 4.48. The van der Waals surface area contributed by atoms with E-state index in [1.54, 1.807) is 0 Å². The molecule has 0 amide bonds. The van der Waals surface area contributed by atoms with Gasteiger partial charge in [-0.15, -0.1) is 35.0 Å². The molecular formula is C15H33BSi3. The van der Waals surface area contributed by atoms with Crippen molar-refractivity contribution in [2.75, 3.05) is 0 Å². The summed E-state index contributed by atoms with van der Waals surface area (Å²) in [5.74, 6) is 0. The molecule has 0 atom stereocenters. The van der Waals surface area contributed by atoms with Gasteiger partial charge in [-0.2, -0.15) is 0 Å². The fraction of sp³-hybridized carbons (Fsp3) is 0.600. The lowest BCUT2D eigenvalue weighted by Crippen LogP contribution is -2.48. The lowest BCUT2D eigenvalue weighted by atomic mass is 9.49. The molecular weight excluding hydrogens is 275 g/mol. The fourth-order valence-corrected chi connectivity index (χ4v) is 6.01. The molecule has 0 aliphatic rings. The second-order valence-corrected chi connectivity index (χ2v) is 24.2. The van der Waals surface area contributed by atoms with Gasteiger partial charge in [-0.05, 0) is 0 Å². The summed E-state index contributed by atoms with van der Waals surface area (Å²) >= 11 is 0. The van der Waals surface area contributed by atoms with Gasteiger partial charge in [0.2, 0.25) is 6.71 Å². The van der Waals surface area contributed by atoms with Crippen LogP contribution in [0.3, 0.4) is 0 Å². The lowest BCUT2D eigenvalue weighted by molar-refractivity contribution is 1.67. The van der Waals surface area contributed by atoms with Gasteiger partial charge in [0.05, 0.1) is 24.2 Å². The van der Waals surface area contributed by atoms with Crippen molar-refractivity contribution in [3.63, 3.8) is 0 Å². The average molecular weight is 308 g/mol. The minimum atomic E-state index is -1.38. The highest BCUT2D eigenvalue weighted by molar-refractivity contribution is 7.17. The molecule has 0 aromatic rings. The van der Waals surface area contributed by atoms with Crippen molar-refractivity contribution in [2.24, 2.45) is 0 Å². The van der Waals surface area contributed by atoms with Crippen LogP contribution in [-0.4, -0.2) is 30.9 Å². The Hall–Kier alpha value is -0.0644. The van der Waals surface area contributed by atoms with Crippen LogP contribution in [-0.2, 0) is 0 Å². The monoisotopic (exact) mass is 308 g/mol. The van der Waals surface area contributed by atoms with Gasteiger partial charge in [-0.1, -0.05) is 58.9 Å². The topological polar surface area (TPSA) is 0 Å². The van der Waals surface area contributed by atoms with Gasteiger partial charge in [0.1, 0.15) is 0 Å². The summed E-state index contributed by atoms with van der Waals surface area (Å²) in [6.45, 7) is 35.3. The van der Waals surface area contributed by atoms with Gasteiger partial charge in [0, 0.05) is 0 Å². The molecule has 0 spiro atoms. The molecule has 0 nitrogen and oxygen atoms in total. The summed E-state index contributed by atoms with van der Waals surface area (Å²) in [5, 5.41) is 4.27. The van der Waals surface area contributed by atoms with Crippen LogP contribution in [0.2, 0.25) is 58.9 Å². The zero-order valence-corrected chi connectivity index (χ0v) is 17.7. The summed E-state index contributed by atoms with van der Waals surface area (Å²) in [7, 11) is -4.14. The first kappa shape index (κ1) is 18.9. The van der Waals surface area contributed by atoms with Crippen LogP contribution in [0.1, 0.15) is 0 Å². The second kappa shape index (κ2) is 5.74. The Bertz CT molecular complexity index is 327. The summed E-state index contributed by atoms with van der Waals surface area (Å²) in [5.41, 5.74) is 0. The van der Waals surface area contributed by atoms with Crippen molar-refractivity contribution in [1.82, 2.24) is 0 Å². The second-order valence-electron chi connectivity index (χ2n) is 8.76. The molecule has 19 heavy (non-hydrogen) atoms. The molecule has 0 unspecified atom stereocenters. The maximum Gasteiger partial charge on any atom is 0.214 e. The molecule has 0 radical (unpaired) electrons. The van der Waals surface area contributed by atoms with Crippen molar-refractivity contribution >= 4 is 30.9 Å². The van der Waals surface area contributed by atoms with Crippen molar-refractivity contribution in [3.8, 4) is 0 Å². The SMILES string of the molecule is C=C(B(C(=C)[Si](C)(C)C)C(=C)[Si](C)(C)C)[Si](C)(C)C. The van der Waals surface area contributed by atoms with Crippen LogP contribution in [0.4, 0.5) is 0 Å². The first-order chi connectivity index (χ1) is 8.10. The van der Waals surface area contributed by atoms with Crippen molar-refractivity contribution in [3.05, 3.63) is 35.0 Å². The van der Waals surface area contributed by atoms with Crippen molar-refractivity contribution in [2.45, 2.75) is 58.9 Å². The molecule has 0 aromatic carbocycles. The zero-order valence-electron chi connectivity index (χ0n) is 14.7. The molecule has 0 fully saturated rings. The van der Waals surface area contributed by atoms with E-state index >= 15 is 0 Å². The van der Waals surface area contributed by atoms with Crippen LogP contribution in [0.15, 0.2) is 35.0 Å². The maximum atomic E-state index is 4.48. The van der Waals surface area contributed by atoms with Crippen LogP contribution in [0, 0.1) is 0 Å². The van der Waals surface area contributed by atoms with E-state index in [1.165, 1.54) is 15.3 Å². The Balaban J connectivity index is 5.74. The summed E-state index contributed by atoms with van der Waals surface area (Å²) < 4.78 is 0. The number of hydrogen-bond donors (Lipinski definition) is 0. The first-order valence-electron chi connectivity index (χ1n) is 7.18. The normalized spacial score (nSPS) is 13.1. The van der Waals surface area contributed by atoms with Crippen LogP contribution in [0.5, 0.6) is 0 Å². The molecule has 0 aromatic heterocycles. The predicted molar refractivity (Wildman–Crippen MR) is 103 cm³/mol. The Morgan fingerprint density at radius 2 is 0.684 bits per heavy atom. The van der Waals surface area contributed by atoms with Crippen LogP contribution < -0.4 is 0 Å². The average Bonchev–Trinajstić information content (AvgIpc) is 2.13. The Labute approximate surface area is 125 Å². The van der Waals surface area contributed by atoms with Gasteiger partial charge in [-0.25, -0.2) is 0 Å². The molecule has 108 valence electrons. The highest BCUT2D eigenvalue weighted by Crippen LogP contribution is 2.32. The zero-order chi connectivity index (χ0) is 15.8. The van der Waals surface area contributed by atoms with E-state index in [-0.39, 0.29) is 0 Å². The smallest absolute Gasteiger partial charge is 0.112 e. The molecule has 0 saturated heterocycles. The Morgan fingerprint density at radius 3 is 0.789 bits per heavy atom. The van der Waals surface area contributed by atoms with Crippen LogP contribution in [0.25, 0.3) is 0 Å². The van der Waals surface area contributed by atoms with Crippen LogP contribution >= 0.6 is 0 Å². The van der Waals surface area contributed by atoms with E-state index in [0.717, 1.165) is 0 Å². The van der Waals surface area contributed by atoms with E-state index < -0.39 is 24.2 Å². The standard InChI is InChI=1S/C15H33BSi3/c1-13(17(4,5)6)16(14(2)18(7,8)9)15(3)19(10,11)12/h1-3H2,4-12H3. The van der Waals surface area contributed by atoms with Gasteiger partial charge < -0.3 is 0 Å². The highest BCUT2D eigenvalue weighted by Gasteiger charge is 2.40. The summed E-state index contributed by atoms with van der Waals surface area (Å²) in [6.07, 6.45) is 0. The third-order valence-electron chi connectivity index (χ3n) is 3.94. The highest BCUT2D eigenvalue weighted by atomic mass is 28.3. The predicted octanol–water partition coefficient (Wildman–Crippen LogP) is 5.40. The van der Waals surface area contributed by atoms with Crippen molar-refractivity contribution in [1.29, 1.82) is 0 Å². The minimum Gasteiger partial charge on any atom is -0.112 e. The molecule has 4 heteroatoms. The minimum absolute atomic E-state index is 0.366. The van der Waals surface area contributed by atoms with E-state index in [2.05, 4.69) is 78.7 Å². The summed E-state index contributed by atoms with van der Waals surface area (Å²) in [6, 6.07) is 0. The lowest BCUT2D eigenvalue weighted by Gasteiger charge is -2.37. The third-order valence-corrected chi connectivity index (χ3v) is 10.6. The molecule has 0 saturated carbocycles. The molecule has 0 N–H and O–H groups in total. The van der Waals surface area contributed by atoms with E-state index in [1.807, 2.05) is 0 Å². The van der Waals surface area contributed by atoms with E-state index in [4.69, 9.17) is 0 Å². The van der Waals surface area contributed by atoms with Crippen molar-refractivity contribution < 1.29 is 0 Å². The quantitative estimate of drug-likeness (QED) is 0.576. The molecule has 0 heterocycles. The van der Waals surface area contributed by atoms with Gasteiger partial charge in [-0.3, -0.25) is 0 Å². The molecule has 0 aliphatic carbocycles. The molecule has 0 aliphatic heterocycles. The van der Waals surface area contributed by atoms with Gasteiger partial charge in [0.15, 0.2) is 0 Å². The van der Waals surface area contributed by atoms with Gasteiger partial charge in [0.25, 0.3) is 0 Å².